The molecule has 4 aromatic rings. The van der Waals surface area contributed by atoms with E-state index < -0.39 is 0 Å². The van der Waals surface area contributed by atoms with E-state index in [2.05, 4.69) is 9.97 Å². The van der Waals surface area contributed by atoms with E-state index in [-0.39, 0.29) is 16.2 Å². The number of hydrogen-bond acceptors (Lipinski definition) is 2. The monoisotopic (exact) mass is 356 g/mol. The minimum atomic E-state index is 0.0964. The van der Waals surface area contributed by atoms with Crippen LogP contribution in [0.15, 0.2) is 54.6 Å². The van der Waals surface area contributed by atoms with Crippen LogP contribution < -0.4 is 21.9 Å². The fraction of sp³-hybridized carbons (Fsp3) is 0. The van der Waals surface area contributed by atoms with Gasteiger partial charge in [-0.15, -0.1) is 5.46 Å². The van der Waals surface area contributed by atoms with Gasteiger partial charge in [0.2, 0.25) is 5.28 Å². The highest BCUT2D eigenvalue weighted by Crippen LogP contribution is 2.26. The van der Waals surface area contributed by atoms with E-state index in [4.69, 9.17) is 43.0 Å². The summed E-state index contributed by atoms with van der Waals surface area (Å²) >= 11 is 6.15. The normalized spacial score (nSPS) is 11.0. The number of aromatic nitrogens is 2. The van der Waals surface area contributed by atoms with Crippen LogP contribution in [0, 0.1) is 0 Å². The molecule has 7 heteroatoms. The highest BCUT2D eigenvalue weighted by atomic mass is 35.5. The van der Waals surface area contributed by atoms with Crippen molar-refractivity contribution in [2.24, 2.45) is 0 Å². The highest BCUT2D eigenvalue weighted by Gasteiger charge is 2.19. The van der Waals surface area contributed by atoms with E-state index in [1.165, 1.54) is 0 Å². The Morgan fingerprint density at radius 2 is 1.26 bits per heavy atom. The molecule has 0 fully saturated rings. The van der Waals surface area contributed by atoms with Crippen LogP contribution in [0.3, 0.4) is 0 Å². The Morgan fingerprint density at radius 1 is 0.630 bits per heavy atom. The molecule has 2 nitrogen and oxygen atoms in total. The van der Waals surface area contributed by atoms with Crippen molar-refractivity contribution in [3.8, 4) is 22.4 Å². The zero-order valence-electron chi connectivity index (χ0n) is 14.3. The number of nitrogens with zero attached hydrogens (tertiary/aromatic N) is 2. The lowest BCUT2D eigenvalue weighted by atomic mass is 9.62. The molecule has 0 aliphatic rings. The minimum absolute atomic E-state index is 0.0964. The van der Waals surface area contributed by atoms with E-state index >= 15 is 0 Å². The molecule has 0 unspecified atom stereocenters. The number of benzene rings is 3. The summed E-state index contributed by atoms with van der Waals surface area (Å²) in [7, 11) is 25.3. The summed E-state index contributed by atoms with van der Waals surface area (Å²) in [6, 6.07) is 17.0. The summed E-state index contributed by atoms with van der Waals surface area (Å²) in [5.41, 5.74) is 4.42. The molecule has 4 rings (SSSR count). The topological polar surface area (TPSA) is 25.8 Å². The second-order valence-corrected chi connectivity index (χ2v) is 6.47. The fourth-order valence-corrected chi connectivity index (χ4v) is 3.41. The van der Waals surface area contributed by atoms with Crippen LogP contribution in [-0.2, 0) is 0 Å². The van der Waals surface area contributed by atoms with Crippen LogP contribution in [0.2, 0.25) is 5.28 Å². The molecule has 0 saturated carbocycles. The highest BCUT2D eigenvalue weighted by molar-refractivity contribution is 6.63. The van der Waals surface area contributed by atoms with E-state index in [1.807, 2.05) is 54.6 Å². The van der Waals surface area contributed by atoms with Crippen LogP contribution in [0.4, 0.5) is 0 Å². The standard InChI is InChI=1S/C20H9B4ClN2/c21-15-13(10-6-2-1-3-7-10)16(22)18(24)17(23)14(15)19-11-8-4-5-9-12(11)26-20(25)27-19/h1-9H. The molecule has 118 valence electrons. The number of fused-ring (bicyclic) bond motifs is 1. The third kappa shape index (κ3) is 2.98. The van der Waals surface area contributed by atoms with Gasteiger partial charge in [-0.25, -0.2) is 9.97 Å². The van der Waals surface area contributed by atoms with Crippen molar-refractivity contribution < 1.29 is 0 Å². The maximum absolute atomic E-state index is 6.54. The van der Waals surface area contributed by atoms with Gasteiger partial charge >= 0.3 is 0 Å². The Kier molecular flexibility index (Phi) is 4.61. The minimum Gasteiger partial charge on any atom is -0.218 e. The lowest BCUT2D eigenvalue weighted by molar-refractivity contribution is 1.23. The molecule has 8 radical (unpaired) electrons. The average Bonchev–Trinajstić information content (AvgIpc) is 2.67. The predicted octanol–water partition coefficient (Wildman–Crippen LogP) is 0.792. The first-order chi connectivity index (χ1) is 13.0. The Balaban J connectivity index is 2.13. The predicted molar refractivity (Wildman–Crippen MR) is 117 cm³/mol. The summed E-state index contributed by atoms with van der Waals surface area (Å²) in [5, 5.41) is 0.864. The van der Waals surface area contributed by atoms with Gasteiger partial charge in [0, 0.05) is 5.39 Å². The van der Waals surface area contributed by atoms with Crippen LogP contribution in [0.25, 0.3) is 33.3 Å². The molecule has 1 heterocycles. The molecule has 1 aromatic heterocycles. The molecule has 0 saturated heterocycles. The van der Waals surface area contributed by atoms with E-state index in [0.717, 1.165) is 10.9 Å². The first kappa shape index (κ1) is 17.9. The van der Waals surface area contributed by atoms with Gasteiger partial charge in [-0.3, -0.25) is 0 Å². The third-order valence-corrected chi connectivity index (χ3v) is 4.70. The van der Waals surface area contributed by atoms with Gasteiger partial charge in [-0.2, -0.15) is 0 Å². The molecule has 0 amide bonds. The molecule has 0 bridgehead atoms. The van der Waals surface area contributed by atoms with Gasteiger partial charge in [0.1, 0.15) is 31.4 Å². The number of halogens is 1. The SMILES string of the molecule is [B]c1c([B])c(-c2ccccc2)c([B])c(-c2nc(Cl)nc3ccccc23)c1[B]. The Morgan fingerprint density at radius 3 is 2.00 bits per heavy atom. The second kappa shape index (κ2) is 6.94. The number of rotatable bonds is 2. The van der Waals surface area contributed by atoms with Gasteiger partial charge < -0.3 is 0 Å². The summed E-state index contributed by atoms with van der Waals surface area (Å²) < 4.78 is 0. The molecule has 27 heavy (non-hydrogen) atoms. The second-order valence-electron chi connectivity index (χ2n) is 6.13. The lowest BCUT2D eigenvalue weighted by Gasteiger charge is -2.23. The maximum atomic E-state index is 6.54. The van der Waals surface area contributed by atoms with Crippen LogP contribution in [0.1, 0.15) is 0 Å². The van der Waals surface area contributed by atoms with Crippen molar-refractivity contribution in [1.29, 1.82) is 0 Å². The molecular formula is C20H9B4ClN2. The van der Waals surface area contributed by atoms with Gasteiger partial charge in [-0.1, -0.05) is 64.9 Å². The van der Waals surface area contributed by atoms with Crippen LogP contribution in [0.5, 0.6) is 0 Å². The largest absolute Gasteiger partial charge is 0.223 e. The van der Waals surface area contributed by atoms with Crippen molar-refractivity contribution >= 4 is 75.7 Å². The summed E-state index contributed by atoms with van der Waals surface area (Å²) in [5.74, 6) is 0. The zero-order chi connectivity index (χ0) is 19.1. The summed E-state index contributed by atoms with van der Waals surface area (Å²) in [4.78, 5) is 8.66. The summed E-state index contributed by atoms with van der Waals surface area (Å²) in [6.07, 6.45) is 0. The van der Waals surface area contributed by atoms with Crippen molar-refractivity contribution in [1.82, 2.24) is 9.97 Å². The molecule has 0 atom stereocenters. The summed E-state index contributed by atoms with van der Waals surface area (Å²) in [6.45, 7) is 0. The van der Waals surface area contributed by atoms with Crippen molar-refractivity contribution in [3.63, 3.8) is 0 Å². The van der Waals surface area contributed by atoms with E-state index in [0.29, 0.717) is 33.3 Å². The van der Waals surface area contributed by atoms with Gasteiger partial charge in [-0.05, 0) is 34.4 Å². The van der Waals surface area contributed by atoms with Crippen LogP contribution >= 0.6 is 11.6 Å². The fourth-order valence-electron chi connectivity index (χ4n) is 3.24. The van der Waals surface area contributed by atoms with Crippen molar-refractivity contribution in [2.45, 2.75) is 0 Å². The number of para-hydroxylation sites is 1. The smallest absolute Gasteiger partial charge is 0.218 e. The Labute approximate surface area is 168 Å². The zero-order valence-corrected chi connectivity index (χ0v) is 15.0. The molecule has 3 aromatic carbocycles. The van der Waals surface area contributed by atoms with E-state index in [1.54, 1.807) is 0 Å². The first-order valence-corrected chi connectivity index (χ1v) is 8.60. The van der Waals surface area contributed by atoms with Gasteiger partial charge in [0.05, 0.1) is 11.2 Å². The van der Waals surface area contributed by atoms with Crippen molar-refractivity contribution in [3.05, 3.63) is 59.9 Å². The third-order valence-electron chi connectivity index (χ3n) is 4.53. The quantitative estimate of drug-likeness (QED) is 0.392. The molecule has 0 N–H and O–H groups in total. The lowest BCUT2D eigenvalue weighted by Crippen LogP contribution is -2.46. The Hall–Kier alpha value is -2.45. The maximum Gasteiger partial charge on any atom is 0.223 e. The number of hydrogen-bond donors (Lipinski definition) is 0. The first-order valence-electron chi connectivity index (χ1n) is 8.23. The van der Waals surface area contributed by atoms with E-state index in [9.17, 15) is 0 Å². The Bertz CT molecular complexity index is 1180. The average molecular weight is 356 g/mol. The van der Waals surface area contributed by atoms with Crippen LogP contribution in [-0.4, -0.2) is 41.4 Å². The molecule has 0 aliphatic carbocycles. The van der Waals surface area contributed by atoms with Crippen molar-refractivity contribution in [2.75, 3.05) is 0 Å². The van der Waals surface area contributed by atoms with Gasteiger partial charge in [0.25, 0.3) is 0 Å². The molecular weight excluding hydrogens is 347 g/mol. The molecule has 0 spiro atoms. The molecule has 0 aliphatic heterocycles. The van der Waals surface area contributed by atoms with Gasteiger partial charge in [0.15, 0.2) is 0 Å².